The fourth-order valence-electron chi connectivity index (χ4n) is 1.54. The van der Waals surface area contributed by atoms with E-state index in [9.17, 15) is 9.59 Å². The van der Waals surface area contributed by atoms with E-state index in [0.717, 1.165) is 10.5 Å². The molecule has 1 aromatic rings. The van der Waals surface area contributed by atoms with Gasteiger partial charge in [0.15, 0.2) is 0 Å². The van der Waals surface area contributed by atoms with Gasteiger partial charge in [-0.3, -0.25) is 14.9 Å². The normalized spacial score (nSPS) is 19.9. The highest BCUT2D eigenvalue weighted by molar-refractivity contribution is 8.00. The SMILES string of the molecule is Cc1c(N)cccc1SC1CC(=O)NC1=O. The summed E-state index contributed by atoms with van der Waals surface area (Å²) in [7, 11) is 0. The van der Waals surface area contributed by atoms with E-state index in [4.69, 9.17) is 5.73 Å². The van der Waals surface area contributed by atoms with Crippen molar-refractivity contribution in [2.24, 2.45) is 0 Å². The van der Waals surface area contributed by atoms with Crippen molar-refractivity contribution in [3.8, 4) is 0 Å². The highest BCUT2D eigenvalue weighted by atomic mass is 32.2. The number of carbonyl (C=O) groups excluding carboxylic acids is 2. The Bertz CT molecular complexity index is 459. The van der Waals surface area contributed by atoms with Gasteiger partial charge in [0.1, 0.15) is 0 Å². The van der Waals surface area contributed by atoms with Gasteiger partial charge in [0.2, 0.25) is 11.8 Å². The van der Waals surface area contributed by atoms with E-state index in [1.54, 1.807) is 0 Å². The van der Waals surface area contributed by atoms with E-state index in [1.165, 1.54) is 11.8 Å². The second kappa shape index (κ2) is 4.17. The Kier molecular flexibility index (Phi) is 2.87. The topological polar surface area (TPSA) is 72.2 Å². The van der Waals surface area contributed by atoms with Gasteiger partial charge in [-0.05, 0) is 24.6 Å². The van der Waals surface area contributed by atoms with Crippen LogP contribution >= 0.6 is 11.8 Å². The van der Waals surface area contributed by atoms with Gasteiger partial charge in [-0.2, -0.15) is 0 Å². The largest absolute Gasteiger partial charge is 0.398 e. The molecule has 0 aromatic heterocycles. The highest BCUT2D eigenvalue weighted by Gasteiger charge is 2.31. The van der Waals surface area contributed by atoms with Crippen molar-refractivity contribution in [3.05, 3.63) is 23.8 Å². The third-order valence-corrected chi connectivity index (χ3v) is 3.88. The van der Waals surface area contributed by atoms with Gasteiger partial charge in [0.25, 0.3) is 0 Å². The molecule has 1 atom stereocenters. The van der Waals surface area contributed by atoms with Crippen molar-refractivity contribution in [1.82, 2.24) is 5.32 Å². The van der Waals surface area contributed by atoms with Crippen LogP contribution in [0.25, 0.3) is 0 Å². The monoisotopic (exact) mass is 236 g/mol. The second-order valence-corrected chi connectivity index (χ2v) is 4.94. The molecule has 0 aliphatic carbocycles. The fraction of sp³-hybridized carbons (Fsp3) is 0.273. The van der Waals surface area contributed by atoms with Crippen molar-refractivity contribution in [1.29, 1.82) is 0 Å². The molecule has 2 amide bonds. The summed E-state index contributed by atoms with van der Waals surface area (Å²) in [6.07, 6.45) is 0.248. The van der Waals surface area contributed by atoms with Crippen LogP contribution in [0.4, 0.5) is 5.69 Å². The van der Waals surface area contributed by atoms with Crippen LogP contribution in [0.15, 0.2) is 23.1 Å². The van der Waals surface area contributed by atoms with Crippen molar-refractivity contribution in [3.63, 3.8) is 0 Å². The third-order valence-electron chi connectivity index (χ3n) is 2.52. The van der Waals surface area contributed by atoms with E-state index < -0.39 is 0 Å². The number of amides is 2. The van der Waals surface area contributed by atoms with Gasteiger partial charge in [-0.25, -0.2) is 0 Å². The minimum atomic E-state index is -0.326. The lowest BCUT2D eigenvalue weighted by atomic mass is 10.2. The Morgan fingerprint density at radius 3 is 2.81 bits per heavy atom. The zero-order chi connectivity index (χ0) is 11.7. The molecule has 5 heteroatoms. The van der Waals surface area contributed by atoms with E-state index in [0.29, 0.717) is 5.69 Å². The van der Waals surface area contributed by atoms with Crippen LogP contribution in [0.2, 0.25) is 0 Å². The molecule has 1 heterocycles. The minimum Gasteiger partial charge on any atom is -0.398 e. The smallest absolute Gasteiger partial charge is 0.240 e. The summed E-state index contributed by atoms with van der Waals surface area (Å²) in [5, 5.41) is 1.97. The summed E-state index contributed by atoms with van der Waals surface area (Å²) in [6, 6.07) is 5.57. The van der Waals surface area contributed by atoms with E-state index >= 15 is 0 Å². The van der Waals surface area contributed by atoms with E-state index in [-0.39, 0.29) is 23.5 Å². The van der Waals surface area contributed by atoms with E-state index in [2.05, 4.69) is 5.32 Å². The van der Waals surface area contributed by atoms with Gasteiger partial charge >= 0.3 is 0 Å². The summed E-state index contributed by atoms with van der Waals surface area (Å²) in [4.78, 5) is 23.4. The Labute approximate surface area is 97.6 Å². The molecule has 2 rings (SSSR count). The maximum atomic E-state index is 11.4. The van der Waals surface area contributed by atoms with Gasteiger partial charge in [0.05, 0.1) is 5.25 Å². The number of anilines is 1. The molecule has 1 fully saturated rings. The molecule has 0 spiro atoms. The summed E-state index contributed by atoms with van der Waals surface area (Å²) < 4.78 is 0. The van der Waals surface area contributed by atoms with Crippen molar-refractivity contribution < 1.29 is 9.59 Å². The molecular formula is C11H12N2O2S. The van der Waals surface area contributed by atoms with E-state index in [1.807, 2.05) is 25.1 Å². The van der Waals surface area contributed by atoms with Gasteiger partial charge in [0, 0.05) is 17.0 Å². The molecule has 0 saturated carbocycles. The number of nitrogen functional groups attached to an aromatic ring is 1. The first-order chi connectivity index (χ1) is 7.58. The summed E-state index contributed by atoms with van der Waals surface area (Å²) >= 11 is 1.39. The number of imide groups is 1. The van der Waals surface area contributed by atoms with Crippen LogP contribution in [-0.2, 0) is 9.59 Å². The standard InChI is InChI=1S/C11H12N2O2S/c1-6-7(12)3-2-4-8(6)16-9-5-10(14)13-11(9)15/h2-4,9H,5,12H2,1H3,(H,13,14,15). The summed E-state index contributed by atoms with van der Waals surface area (Å²) in [5.41, 5.74) is 7.44. The molecule has 1 aliphatic heterocycles. The number of benzene rings is 1. The number of thioether (sulfide) groups is 1. The molecule has 1 saturated heterocycles. The Morgan fingerprint density at radius 1 is 1.44 bits per heavy atom. The highest BCUT2D eigenvalue weighted by Crippen LogP contribution is 2.32. The number of hydrogen-bond donors (Lipinski definition) is 2. The van der Waals surface area contributed by atoms with Crippen LogP contribution in [0.1, 0.15) is 12.0 Å². The first kappa shape index (κ1) is 11.0. The first-order valence-corrected chi connectivity index (χ1v) is 5.81. The number of nitrogens with two attached hydrogens (primary N) is 1. The quantitative estimate of drug-likeness (QED) is 0.595. The summed E-state index contributed by atoms with van der Waals surface area (Å²) in [6.45, 7) is 1.91. The molecule has 1 unspecified atom stereocenters. The molecule has 0 radical (unpaired) electrons. The lowest BCUT2D eigenvalue weighted by Gasteiger charge is -2.10. The van der Waals surface area contributed by atoms with Crippen LogP contribution < -0.4 is 11.1 Å². The maximum Gasteiger partial charge on any atom is 0.240 e. The molecule has 1 aliphatic rings. The van der Waals surface area contributed by atoms with Crippen molar-refractivity contribution in [2.45, 2.75) is 23.5 Å². The average Bonchev–Trinajstić information content (AvgIpc) is 2.53. The zero-order valence-electron chi connectivity index (χ0n) is 8.82. The van der Waals surface area contributed by atoms with Crippen molar-refractivity contribution in [2.75, 3.05) is 5.73 Å². The Balaban J connectivity index is 2.18. The maximum absolute atomic E-state index is 11.4. The van der Waals surface area contributed by atoms with Gasteiger partial charge in [-0.1, -0.05) is 6.07 Å². The number of carbonyl (C=O) groups is 2. The second-order valence-electron chi connectivity index (χ2n) is 3.69. The fourth-order valence-corrected chi connectivity index (χ4v) is 2.70. The number of rotatable bonds is 2. The third kappa shape index (κ3) is 2.04. The molecule has 84 valence electrons. The zero-order valence-corrected chi connectivity index (χ0v) is 9.64. The van der Waals surface area contributed by atoms with Crippen LogP contribution in [0.3, 0.4) is 0 Å². The molecular weight excluding hydrogens is 224 g/mol. The molecule has 16 heavy (non-hydrogen) atoms. The Morgan fingerprint density at radius 2 is 2.19 bits per heavy atom. The summed E-state index contributed by atoms with van der Waals surface area (Å²) in [5.74, 6) is -0.416. The minimum absolute atomic E-state index is 0.205. The lowest BCUT2D eigenvalue weighted by Crippen LogP contribution is -2.23. The van der Waals surface area contributed by atoms with Crippen molar-refractivity contribution >= 4 is 29.3 Å². The Hall–Kier alpha value is -1.49. The van der Waals surface area contributed by atoms with Crippen LogP contribution in [0.5, 0.6) is 0 Å². The van der Waals surface area contributed by atoms with Gasteiger partial charge < -0.3 is 5.73 Å². The lowest BCUT2D eigenvalue weighted by molar-refractivity contribution is -0.124. The molecule has 1 aromatic carbocycles. The average molecular weight is 236 g/mol. The predicted octanol–water partition coefficient (Wildman–Crippen LogP) is 1.08. The molecule has 4 nitrogen and oxygen atoms in total. The predicted molar refractivity (Wildman–Crippen MR) is 63.0 cm³/mol. The van der Waals surface area contributed by atoms with Crippen LogP contribution in [-0.4, -0.2) is 17.1 Å². The number of nitrogens with one attached hydrogen (secondary N) is 1. The van der Waals surface area contributed by atoms with Gasteiger partial charge in [-0.15, -0.1) is 11.8 Å². The first-order valence-electron chi connectivity index (χ1n) is 4.93. The number of hydrogen-bond acceptors (Lipinski definition) is 4. The van der Waals surface area contributed by atoms with Crippen LogP contribution in [0, 0.1) is 6.92 Å². The molecule has 3 N–H and O–H groups in total. The molecule has 0 bridgehead atoms.